The third kappa shape index (κ3) is 25.2. The molecule has 0 aliphatic heterocycles. The second kappa shape index (κ2) is 19.2. The van der Waals surface area contributed by atoms with Crippen LogP contribution in [0.25, 0.3) is 0 Å². The fourth-order valence-electron chi connectivity index (χ4n) is 0.906. The quantitative estimate of drug-likeness (QED) is 0.353. The summed E-state index contributed by atoms with van der Waals surface area (Å²) in [5.41, 5.74) is 0.407. The number of carboxylic acid groups (broad SMARTS) is 2. The van der Waals surface area contributed by atoms with E-state index in [0.717, 1.165) is 18.9 Å². The molecule has 0 aromatic rings. The molecular formula is C19H28O8. The summed E-state index contributed by atoms with van der Waals surface area (Å²) < 4.78 is 9.02. The van der Waals surface area contributed by atoms with Crippen LogP contribution in [0.2, 0.25) is 0 Å². The van der Waals surface area contributed by atoms with Gasteiger partial charge in [0, 0.05) is 23.3 Å². The van der Waals surface area contributed by atoms with Crippen molar-refractivity contribution in [2.75, 3.05) is 13.7 Å². The number of hydrogen-bond donors (Lipinski definition) is 2. The van der Waals surface area contributed by atoms with E-state index in [0.29, 0.717) is 6.61 Å². The Labute approximate surface area is 159 Å². The van der Waals surface area contributed by atoms with Crippen molar-refractivity contribution in [1.29, 1.82) is 0 Å². The number of carbonyl (C=O) groups is 4. The molecule has 0 aliphatic rings. The first-order chi connectivity index (χ1) is 12.5. The van der Waals surface area contributed by atoms with E-state index in [1.807, 2.05) is 6.92 Å². The normalized spacial score (nSPS) is 8.85. The van der Waals surface area contributed by atoms with Crippen LogP contribution in [0.5, 0.6) is 0 Å². The van der Waals surface area contributed by atoms with Crippen molar-refractivity contribution < 1.29 is 38.9 Å². The molecule has 0 saturated heterocycles. The van der Waals surface area contributed by atoms with Crippen molar-refractivity contribution in [3.63, 3.8) is 0 Å². The Morgan fingerprint density at radius 3 is 1.96 bits per heavy atom. The molecule has 0 amide bonds. The van der Waals surface area contributed by atoms with Crippen molar-refractivity contribution in [3.8, 4) is 0 Å². The summed E-state index contributed by atoms with van der Waals surface area (Å²) in [6.45, 7) is 13.8. The van der Waals surface area contributed by atoms with Crippen molar-refractivity contribution >= 4 is 23.9 Å². The van der Waals surface area contributed by atoms with Gasteiger partial charge in [-0.05, 0) is 19.8 Å². The van der Waals surface area contributed by atoms with Gasteiger partial charge in [-0.25, -0.2) is 19.2 Å². The second-order valence-corrected chi connectivity index (χ2v) is 4.85. The summed E-state index contributed by atoms with van der Waals surface area (Å²) in [6.07, 6.45) is 5.63. The highest BCUT2D eigenvalue weighted by Crippen LogP contribution is 2.00. The standard InChI is InChI=1S/C8H10O4.C7H12O2.C4H6O2/c1-6(8(11)12-2)4-3-5-7(9)10;1-3-5-6-9-7(8)4-2;1-3(2)4(5)6/h3,5H,1,4H2,2H3,(H,9,10);4H,2-3,5-6H2,1H3;1H2,2H3,(H,5,6). The zero-order valence-corrected chi connectivity index (χ0v) is 16.0. The summed E-state index contributed by atoms with van der Waals surface area (Å²) in [5.74, 6) is -2.84. The Kier molecular flexibility index (Phi) is 20.3. The van der Waals surface area contributed by atoms with E-state index < -0.39 is 17.9 Å². The Morgan fingerprint density at radius 1 is 1.11 bits per heavy atom. The second-order valence-electron chi connectivity index (χ2n) is 4.85. The van der Waals surface area contributed by atoms with Crippen LogP contribution < -0.4 is 0 Å². The van der Waals surface area contributed by atoms with Crippen molar-refractivity contribution in [2.45, 2.75) is 33.1 Å². The van der Waals surface area contributed by atoms with E-state index in [9.17, 15) is 19.2 Å². The van der Waals surface area contributed by atoms with E-state index in [2.05, 4.69) is 29.2 Å². The molecule has 0 spiro atoms. The monoisotopic (exact) mass is 384 g/mol. The molecule has 152 valence electrons. The summed E-state index contributed by atoms with van der Waals surface area (Å²) >= 11 is 0. The minimum Gasteiger partial charge on any atom is -0.478 e. The Hall–Kier alpha value is -3.16. The van der Waals surface area contributed by atoms with Crippen LogP contribution in [0.1, 0.15) is 33.1 Å². The number of methoxy groups -OCH3 is 1. The SMILES string of the molecule is C=C(C)C(=O)O.C=C(CC=CC(=O)O)C(=O)OC.C=CC(=O)OCCCC. The number of ether oxygens (including phenoxy) is 2. The average Bonchev–Trinajstić information content (AvgIpc) is 2.61. The van der Waals surface area contributed by atoms with Crippen molar-refractivity contribution in [3.05, 3.63) is 49.1 Å². The first kappa shape index (κ1) is 28.6. The molecule has 0 saturated carbocycles. The maximum Gasteiger partial charge on any atom is 0.333 e. The lowest BCUT2D eigenvalue weighted by Crippen LogP contribution is -2.02. The van der Waals surface area contributed by atoms with Crippen LogP contribution in [0.3, 0.4) is 0 Å². The highest BCUT2D eigenvalue weighted by Gasteiger charge is 2.03. The number of carbonyl (C=O) groups excluding carboxylic acids is 2. The molecule has 0 bridgehead atoms. The lowest BCUT2D eigenvalue weighted by atomic mass is 10.2. The molecule has 0 aromatic heterocycles. The smallest absolute Gasteiger partial charge is 0.333 e. The number of allylic oxidation sites excluding steroid dienone is 1. The largest absolute Gasteiger partial charge is 0.478 e. The number of aliphatic carboxylic acids is 2. The first-order valence-electron chi connectivity index (χ1n) is 7.86. The molecule has 0 fully saturated rings. The Bertz CT molecular complexity index is 546. The minimum atomic E-state index is -1.05. The number of rotatable bonds is 9. The van der Waals surface area contributed by atoms with Gasteiger partial charge in [-0.3, -0.25) is 0 Å². The summed E-state index contributed by atoms with van der Waals surface area (Å²) in [7, 11) is 1.24. The molecule has 0 unspecified atom stereocenters. The number of hydrogen-bond acceptors (Lipinski definition) is 6. The molecule has 2 N–H and O–H groups in total. The van der Waals surface area contributed by atoms with Gasteiger partial charge in [-0.15, -0.1) is 0 Å². The zero-order chi connectivity index (χ0) is 21.8. The van der Waals surface area contributed by atoms with Crippen LogP contribution in [0.15, 0.2) is 49.1 Å². The van der Waals surface area contributed by atoms with Crippen molar-refractivity contribution in [2.24, 2.45) is 0 Å². The maximum atomic E-state index is 10.7. The van der Waals surface area contributed by atoms with Crippen LogP contribution in [-0.4, -0.2) is 47.8 Å². The highest BCUT2D eigenvalue weighted by molar-refractivity contribution is 5.88. The lowest BCUT2D eigenvalue weighted by Gasteiger charge is -1.97. The van der Waals surface area contributed by atoms with Crippen molar-refractivity contribution in [1.82, 2.24) is 0 Å². The van der Waals surface area contributed by atoms with Gasteiger partial charge in [0.25, 0.3) is 0 Å². The molecule has 0 aromatic carbocycles. The fourth-order valence-corrected chi connectivity index (χ4v) is 0.906. The van der Waals surface area contributed by atoms with E-state index in [1.54, 1.807) is 0 Å². The van der Waals surface area contributed by atoms with Crippen LogP contribution >= 0.6 is 0 Å². The third-order valence-corrected chi connectivity index (χ3v) is 2.37. The van der Waals surface area contributed by atoms with E-state index in [1.165, 1.54) is 26.2 Å². The maximum absolute atomic E-state index is 10.7. The van der Waals surface area contributed by atoms with E-state index >= 15 is 0 Å². The van der Waals surface area contributed by atoms with Gasteiger partial charge in [0.1, 0.15) is 0 Å². The molecule has 8 nitrogen and oxygen atoms in total. The van der Waals surface area contributed by atoms with Gasteiger partial charge in [0.2, 0.25) is 0 Å². The summed E-state index contributed by atoms with van der Waals surface area (Å²) in [5, 5.41) is 16.1. The molecule has 0 aliphatic carbocycles. The fraction of sp³-hybridized carbons (Fsp3) is 0.368. The first-order valence-corrected chi connectivity index (χ1v) is 7.86. The number of esters is 2. The van der Waals surface area contributed by atoms with Gasteiger partial charge in [0.15, 0.2) is 0 Å². The summed E-state index contributed by atoms with van der Waals surface area (Å²) in [4.78, 5) is 40.6. The molecule has 27 heavy (non-hydrogen) atoms. The van der Waals surface area contributed by atoms with Crippen LogP contribution in [0.4, 0.5) is 0 Å². The lowest BCUT2D eigenvalue weighted by molar-refractivity contribution is -0.138. The molecule has 0 radical (unpaired) electrons. The zero-order valence-electron chi connectivity index (χ0n) is 16.0. The molecular weight excluding hydrogens is 356 g/mol. The molecule has 0 rings (SSSR count). The van der Waals surface area contributed by atoms with Gasteiger partial charge < -0.3 is 19.7 Å². The third-order valence-electron chi connectivity index (χ3n) is 2.37. The van der Waals surface area contributed by atoms with Gasteiger partial charge >= 0.3 is 23.9 Å². The van der Waals surface area contributed by atoms with E-state index in [-0.39, 0.29) is 23.5 Å². The summed E-state index contributed by atoms with van der Waals surface area (Å²) in [6, 6.07) is 0. The topological polar surface area (TPSA) is 127 Å². The predicted octanol–water partition coefficient (Wildman–Crippen LogP) is 2.91. The average molecular weight is 384 g/mol. The number of unbranched alkanes of at least 4 members (excludes halogenated alkanes) is 1. The Balaban J connectivity index is -0.000000340. The minimum absolute atomic E-state index is 0.176. The van der Waals surface area contributed by atoms with E-state index in [4.69, 9.17) is 10.2 Å². The van der Waals surface area contributed by atoms with Crippen LogP contribution in [0, 0.1) is 0 Å². The Morgan fingerprint density at radius 2 is 1.63 bits per heavy atom. The van der Waals surface area contributed by atoms with Gasteiger partial charge in [-0.1, -0.05) is 39.2 Å². The predicted molar refractivity (Wildman–Crippen MR) is 101 cm³/mol. The molecule has 0 heterocycles. The van der Waals surface area contributed by atoms with Gasteiger partial charge in [-0.2, -0.15) is 0 Å². The molecule has 0 atom stereocenters. The highest BCUT2D eigenvalue weighted by atomic mass is 16.5. The van der Waals surface area contributed by atoms with Crippen LogP contribution in [-0.2, 0) is 28.7 Å². The number of carboxylic acids is 2. The molecule has 8 heteroatoms. The van der Waals surface area contributed by atoms with Gasteiger partial charge in [0.05, 0.1) is 13.7 Å².